The van der Waals surface area contributed by atoms with Gasteiger partial charge in [0.2, 0.25) is 17.7 Å². The predicted octanol–water partition coefficient (Wildman–Crippen LogP) is 6.54. The van der Waals surface area contributed by atoms with Gasteiger partial charge in [-0.2, -0.15) is 5.10 Å². The highest BCUT2D eigenvalue weighted by Crippen LogP contribution is 2.32. The molecule has 73 heavy (non-hydrogen) atoms. The van der Waals surface area contributed by atoms with Crippen molar-refractivity contribution < 1.29 is 33.1 Å². The number of amides is 5. The number of carbonyl (C=O) groups excluding carboxylic acids is 5. The molecule has 1 saturated carbocycles. The number of aromatic amines is 1. The van der Waals surface area contributed by atoms with E-state index >= 15 is 4.39 Å². The van der Waals surface area contributed by atoms with Crippen LogP contribution in [-0.2, 0) is 25.5 Å². The summed E-state index contributed by atoms with van der Waals surface area (Å²) < 4.78 is 21.8. The summed E-state index contributed by atoms with van der Waals surface area (Å²) in [5.74, 6) is -0.863. The molecule has 4 aromatic rings. The van der Waals surface area contributed by atoms with Gasteiger partial charge >= 0.3 is 0 Å². The quantitative estimate of drug-likeness (QED) is 0.160. The van der Waals surface area contributed by atoms with Crippen LogP contribution in [0.3, 0.4) is 0 Å². The number of nitrogens with zero attached hydrogens (tertiary/aromatic N) is 6. The van der Waals surface area contributed by atoms with Crippen LogP contribution in [0.4, 0.5) is 4.39 Å². The number of H-pyrrole nitrogens is 1. The lowest BCUT2D eigenvalue weighted by atomic mass is 9.83. The maximum atomic E-state index is 15.1. The average molecular weight is 1000 g/mol. The average Bonchev–Trinajstić information content (AvgIpc) is 3.41. The van der Waals surface area contributed by atoms with E-state index in [0.717, 1.165) is 95.8 Å². The molecule has 5 fully saturated rings. The van der Waals surface area contributed by atoms with Gasteiger partial charge < -0.3 is 29.7 Å². The Bertz CT molecular complexity index is 2690. The Morgan fingerprint density at radius 3 is 2.12 bits per heavy atom. The maximum absolute atomic E-state index is 15.1. The van der Waals surface area contributed by atoms with Crippen molar-refractivity contribution >= 4 is 40.3 Å². The molecule has 0 spiro atoms. The van der Waals surface area contributed by atoms with Crippen molar-refractivity contribution in [1.82, 2.24) is 40.0 Å². The first-order valence-electron chi connectivity index (χ1n) is 26.9. The molecule has 1 unspecified atom stereocenters. The van der Waals surface area contributed by atoms with Gasteiger partial charge in [-0.05, 0) is 98.7 Å². The Morgan fingerprint density at radius 2 is 1.41 bits per heavy atom. The Labute approximate surface area is 428 Å². The molecule has 0 radical (unpaired) electrons. The van der Waals surface area contributed by atoms with Crippen molar-refractivity contribution in [2.45, 2.75) is 122 Å². The summed E-state index contributed by atoms with van der Waals surface area (Å²) in [4.78, 5) is 90.3. The molecule has 390 valence electrons. The molecule has 4 saturated heterocycles. The highest BCUT2D eigenvalue weighted by atomic mass is 19.1. The van der Waals surface area contributed by atoms with Crippen LogP contribution in [0.25, 0.3) is 10.8 Å². The first kappa shape index (κ1) is 51.9. The van der Waals surface area contributed by atoms with Crippen molar-refractivity contribution in [3.63, 3.8) is 0 Å². The van der Waals surface area contributed by atoms with Crippen molar-refractivity contribution in [2.24, 2.45) is 11.3 Å². The highest BCUT2D eigenvalue weighted by molar-refractivity contribution is 5.98. The van der Waals surface area contributed by atoms with Gasteiger partial charge in [-0.3, -0.25) is 33.7 Å². The van der Waals surface area contributed by atoms with Crippen molar-refractivity contribution in [2.75, 3.05) is 72.0 Å². The topological polar surface area (TPSA) is 169 Å². The largest absolute Gasteiger partial charge is 0.375 e. The summed E-state index contributed by atoms with van der Waals surface area (Å²) in [5.41, 5.74) is 2.15. The van der Waals surface area contributed by atoms with Crippen LogP contribution < -0.4 is 10.9 Å². The molecule has 0 bridgehead atoms. The Morgan fingerprint density at radius 1 is 0.726 bits per heavy atom. The second kappa shape index (κ2) is 23.0. The van der Waals surface area contributed by atoms with Crippen LogP contribution in [0, 0.1) is 17.2 Å². The van der Waals surface area contributed by atoms with Gasteiger partial charge in [-0.1, -0.05) is 76.4 Å². The van der Waals surface area contributed by atoms with Gasteiger partial charge in [0.1, 0.15) is 11.9 Å². The number of rotatable bonds is 12. The third-order valence-corrected chi connectivity index (χ3v) is 16.0. The van der Waals surface area contributed by atoms with Crippen molar-refractivity contribution in [1.29, 1.82) is 0 Å². The van der Waals surface area contributed by atoms with E-state index < -0.39 is 23.2 Å². The summed E-state index contributed by atoms with van der Waals surface area (Å²) in [6.07, 6.45) is 10.4. The number of halogens is 1. The molecule has 2 atom stereocenters. The molecule has 16 heteroatoms. The molecule has 5 aliphatic rings. The predicted molar refractivity (Wildman–Crippen MR) is 276 cm³/mol. The normalized spacial score (nSPS) is 20.5. The first-order chi connectivity index (χ1) is 35.2. The second-order valence-electron chi connectivity index (χ2n) is 22.2. The molecule has 5 amide bonds. The van der Waals surface area contributed by atoms with Crippen molar-refractivity contribution in [3.05, 3.63) is 111 Å². The molecule has 5 heterocycles. The molecule has 2 N–H and O–H groups in total. The summed E-state index contributed by atoms with van der Waals surface area (Å²) in [5, 5.41) is 11.2. The van der Waals surface area contributed by atoms with E-state index in [0.29, 0.717) is 79.8 Å². The molecule has 1 aromatic heterocycles. The van der Waals surface area contributed by atoms with Crippen LogP contribution >= 0.6 is 0 Å². The van der Waals surface area contributed by atoms with E-state index in [4.69, 9.17) is 4.74 Å². The standard InChI is InChI=1S/C57H73FN8O7/c1-57(2,3)56(72)66-24-10-15-42(36-66)40-13-9-14-41(35-40)52(68)59-51(39-11-5-4-6-12-39)55(71)64-27-22-44(23-28-64)73-43-20-25-62(26-21-43)37-50(67)63-29-31-65(32-30-63)54(70)47-33-38(18-19-48(47)58)34-49-45-16-7-8-17-46(45)53(69)61-60-49/h7-9,13-14,16-19,33,35,39,42-44,51H,4-6,10-12,15,20-32,34,36-37H2,1-3H3,(H,59,68)(H,61,69)/t42?,51-/m1/s1. The molecule has 15 nitrogen and oxygen atoms in total. The summed E-state index contributed by atoms with van der Waals surface area (Å²) in [7, 11) is 0. The van der Waals surface area contributed by atoms with E-state index in [2.05, 4.69) is 26.5 Å². The van der Waals surface area contributed by atoms with E-state index in [-0.39, 0.29) is 65.3 Å². The van der Waals surface area contributed by atoms with Gasteiger partial charge in [0.25, 0.3) is 17.4 Å². The fourth-order valence-electron chi connectivity index (χ4n) is 11.8. The number of fused-ring (bicyclic) bond motifs is 1. The number of hydrogen-bond donors (Lipinski definition) is 2. The van der Waals surface area contributed by atoms with Crippen LogP contribution in [-0.4, -0.2) is 154 Å². The molecule has 1 aliphatic carbocycles. The number of hydrogen-bond acceptors (Lipinski definition) is 9. The van der Waals surface area contributed by atoms with E-state index in [9.17, 15) is 28.8 Å². The lowest BCUT2D eigenvalue weighted by Gasteiger charge is -2.40. The Balaban J connectivity index is 0.709. The van der Waals surface area contributed by atoms with E-state index in [1.807, 2.05) is 60.9 Å². The summed E-state index contributed by atoms with van der Waals surface area (Å²) >= 11 is 0. The second-order valence-corrected chi connectivity index (χ2v) is 22.2. The van der Waals surface area contributed by atoms with Gasteiger partial charge in [0, 0.05) is 94.2 Å². The van der Waals surface area contributed by atoms with E-state index in [1.54, 1.807) is 34.1 Å². The number of piperidine rings is 3. The third kappa shape index (κ3) is 12.5. The lowest BCUT2D eigenvalue weighted by Crippen LogP contribution is -2.55. The van der Waals surface area contributed by atoms with Crippen LogP contribution in [0.15, 0.2) is 71.5 Å². The third-order valence-electron chi connectivity index (χ3n) is 16.0. The SMILES string of the molecule is CC(C)(C)C(=O)N1CCCC(c2cccc(C(=O)N[C@@H](C(=O)N3CCC(OC4CCN(CC(=O)N5CCN(C(=O)c6cc(Cc7n[nH]c(=O)c8ccccc78)ccc6F)CC5)CC4)CC3)C3CCCCC3)c2)C1. The summed E-state index contributed by atoms with van der Waals surface area (Å²) in [6.45, 7) is 11.5. The highest BCUT2D eigenvalue weighted by Gasteiger charge is 2.38. The van der Waals surface area contributed by atoms with Crippen molar-refractivity contribution in [3.8, 4) is 0 Å². The molecular formula is C57H73FN8O7. The lowest BCUT2D eigenvalue weighted by molar-refractivity contribution is -0.141. The fourth-order valence-corrected chi connectivity index (χ4v) is 11.8. The first-order valence-corrected chi connectivity index (χ1v) is 26.9. The minimum absolute atomic E-state index is 0.00394. The fraction of sp³-hybridized carbons (Fsp3) is 0.561. The van der Waals surface area contributed by atoms with Crippen LogP contribution in [0.2, 0.25) is 0 Å². The van der Waals surface area contributed by atoms with Gasteiger partial charge in [-0.25, -0.2) is 9.49 Å². The molecule has 3 aromatic carbocycles. The minimum atomic E-state index is -0.613. The number of aromatic nitrogens is 2. The number of benzene rings is 3. The van der Waals surface area contributed by atoms with Crippen LogP contribution in [0.5, 0.6) is 0 Å². The molecule has 9 rings (SSSR count). The monoisotopic (exact) mass is 1000 g/mol. The van der Waals surface area contributed by atoms with Gasteiger partial charge in [0.05, 0.1) is 35.4 Å². The maximum Gasteiger partial charge on any atom is 0.272 e. The Kier molecular flexibility index (Phi) is 16.4. The number of nitrogens with one attached hydrogen (secondary N) is 2. The molecule has 4 aliphatic heterocycles. The van der Waals surface area contributed by atoms with Gasteiger partial charge in [-0.15, -0.1) is 0 Å². The zero-order chi connectivity index (χ0) is 51.2. The number of likely N-dealkylation sites (tertiary alicyclic amines) is 3. The molecular weight excluding hydrogens is 928 g/mol. The Hall–Kier alpha value is -6.00. The zero-order valence-corrected chi connectivity index (χ0v) is 42.9. The van der Waals surface area contributed by atoms with E-state index in [1.165, 1.54) is 6.07 Å². The summed E-state index contributed by atoms with van der Waals surface area (Å²) in [6, 6.07) is 18.8. The minimum Gasteiger partial charge on any atom is -0.375 e. The number of piperazine rings is 1. The van der Waals surface area contributed by atoms with Crippen LogP contribution in [0.1, 0.15) is 135 Å². The number of ether oxygens (including phenoxy) is 1. The van der Waals surface area contributed by atoms with Gasteiger partial charge in [0.15, 0.2) is 0 Å². The zero-order valence-electron chi connectivity index (χ0n) is 42.9. The number of carbonyl (C=O) groups is 5. The smallest absolute Gasteiger partial charge is 0.272 e.